The van der Waals surface area contributed by atoms with Gasteiger partial charge in [-0.05, 0) is 12.0 Å². The zero-order valence-corrected chi connectivity index (χ0v) is 14.0. The highest BCUT2D eigenvalue weighted by molar-refractivity contribution is 7.13. The number of nitrogens with one attached hydrogen (secondary N) is 1. The molecule has 0 saturated carbocycles. The zero-order valence-electron chi connectivity index (χ0n) is 13.2. The number of carboxylic acids is 1. The van der Waals surface area contributed by atoms with Crippen LogP contribution in [-0.4, -0.2) is 28.5 Å². The van der Waals surface area contributed by atoms with Crippen LogP contribution in [0.2, 0.25) is 0 Å². The summed E-state index contributed by atoms with van der Waals surface area (Å²) in [6.07, 6.45) is 1.93. The van der Waals surface area contributed by atoms with Gasteiger partial charge in [-0.3, -0.25) is 9.59 Å². The highest BCUT2D eigenvalue weighted by Gasteiger charge is 2.20. The maximum Gasteiger partial charge on any atom is 0.308 e. The molecule has 0 radical (unpaired) electrons. The van der Waals surface area contributed by atoms with Gasteiger partial charge >= 0.3 is 5.97 Å². The minimum absolute atomic E-state index is 0.0952. The van der Waals surface area contributed by atoms with E-state index in [9.17, 15) is 14.7 Å². The van der Waals surface area contributed by atoms with Crippen molar-refractivity contribution in [3.05, 3.63) is 52.0 Å². The van der Waals surface area contributed by atoms with Crippen molar-refractivity contribution < 1.29 is 14.7 Å². The topological polar surface area (TPSA) is 79.3 Å². The van der Waals surface area contributed by atoms with Gasteiger partial charge in [-0.15, -0.1) is 11.3 Å². The highest BCUT2D eigenvalue weighted by Crippen LogP contribution is 2.21. The molecule has 0 spiro atoms. The largest absolute Gasteiger partial charge is 0.481 e. The van der Waals surface area contributed by atoms with Crippen LogP contribution in [-0.2, 0) is 11.2 Å². The van der Waals surface area contributed by atoms with Crippen LogP contribution in [0.4, 0.5) is 0 Å². The van der Waals surface area contributed by atoms with Gasteiger partial charge in [0, 0.05) is 12.5 Å². The molecule has 2 rings (SSSR count). The van der Waals surface area contributed by atoms with Gasteiger partial charge in [0.15, 0.2) is 0 Å². The molecule has 0 bridgehead atoms. The lowest BCUT2D eigenvalue weighted by molar-refractivity contribution is -0.141. The van der Waals surface area contributed by atoms with Crippen molar-refractivity contribution in [1.82, 2.24) is 10.3 Å². The number of rotatable bonds is 7. The van der Waals surface area contributed by atoms with Crippen molar-refractivity contribution in [3.63, 3.8) is 0 Å². The van der Waals surface area contributed by atoms with Crippen LogP contribution in [0, 0.1) is 5.92 Å². The molecule has 1 aromatic carbocycles. The Morgan fingerprint density at radius 3 is 2.52 bits per heavy atom. The maximum atomic E-state index is 12.1. The molecule has 0 aliphatic rings. The second kappa shape index (κ2) is 7.87. The third kappa shape index (κ3) is 4.89. The minimum Gasteiger partial charge on any atom is -0.481 e. The lowest BCUT2D eigenvalue weighted by Crippen LogP contribution is -2.33. The van der Waals surface area contributed by atoms with E-state index in [4.69, 9.17) is 0 Å². The van der Waals surface area contributed by atoms with Crippen LogP contribution in [0.25, 0.3) is 0 Å². The van der Waals surface area contributed by atoms with Crippen LogP contribution in [0.3, 0.4) is 0 Å². The van der Waals surface area contributed by atoms with Gasteiger partial charge in [-0.1, -0.05) is 44.2 Å². The molecular formula is C17H20N2O3S. The minimum atomic E-state index is -0.915. The second-order valence-electron chi connectivity index (χ2n) is 5.65. The quantitative estimate of drug-likeness (QED) is 0.817. The third-order valence-corrected chi connectivity index (χ3v) is 4.72. The van der Waals surface area contributed by atoms with Gasteiger partial charge in [0.2, 0.25) is 0 Å². The average Bonchev–Trinajstić information content (AvgIpc) is 3.02. The molecule has 1 atom stereocenters. The number of carbonyl (C=O) groups is 2. The molecule has 0 aliphatic carbocycles. The molecule has 1 heterocycles. The molecule has 122 valence electrons. The van der Waals surface area contributed by atoms with E-state index >= 15 is 0 Å². The van der Waals surface area contributed by atoms with E-state index in [0.29, 0.717) is 11.3 Å². The van der Waals surface area contributed by atoms with Crippen LogP contribution >= 0.6 is 11.3 Å². The Kier molecular flexibility index (Phi) is 5.87. The Bertz CT molecular complexity index is 667. The molecule has 0 saturated heterocycles. The van der Waals surface area contributed by atoms with Crippen molar-refractivity contribution in [2.75, 3.05) is 6.54 Å². The summed E-state index contributed by atoms with van der Waals surface area (Å²) >= 11 is 1.34. The molecule has 1 aromatic heterocycles. The number of carboxylic acid groups (broad SMARTS) is 1. The molecule has 2 aromatic rings. The Hall–Kier alpha value is -2.21. The predicted molar refractivity (Wildman–Crippen MR) is 89.8 cm³/mol. The van der Waals surface area contributed by atoms with E-state index in [1.54, 1.807) is 6.20 Å². The fraction of sp³-hybridized carbons (Fsp3) is 0.353. The van der Waals surface area contributed by atoms with Crippen molar-refractivity contribution in [2.45, 2.75) is 26.2 Å². The monoisotopic (exact) mass is 332 g/mol. The first kappa shape index (κ1) is 17.1. The Labute approximate surface area is 139 Å². The first-order chi connectivity index (χ1) is 11.0. The zero-order chi connectivity index (χ0) is 16.8. The smallest absolute Gasteiger partial charge is 0.308 e. The number of amides is 1. The maximum absolute atomic E-state index is 12.1. The third-order valence-electron chi connectivity index (χ3n) is 3.42. The summed E-state index contributed by atoms with van der Waals surface area (Å²) in [5, 5.41) is 12.9. The van der Waals surface area contributed by atoms with Crippen molar-refractivity contribution in [1.29, 1.82) is 0 Å². The van der Waals surface area contributed by atoms with Crippen molar-refractivity contribution in [3.8, 4) is 0 Å². The number of nitrogens with zero attached hydrogens (tertiary/aromatic N) is 1. The predicted octanol–water partition coefficient (Wildman–Crippen LogP) is 2.94. The summed E-state index contributed by atoms with van der Waals surface area (Å²) in [5.74, 6) is -1.57. The van der Waals surface area contributed by atoms with Crippen molar-refractivity contribution in [2.24, 2.45) is 5.92 Å². The summed E-state index contributed by atoms with van der Waals surface area (Å²) in [4.78, 5) is 28.2. The second-order valence-corrected chi connectivity index (χ2v) is 6.71. The van der Waals surface area contributed by atoms with Gasteiger partial charge in [-0.25, -0.2) is 4.98 Å². The van der Waals surface area contributed by atoms with Gasteiger partial charge in [0.05, 0.1) is 17.1 Å². The fourth-order valence-corrected chi connectivity index (χ4v) is 2.94. The van der Waals surface area contributed by atoms with Gasteiger partial charge in [0.1, 0.15) is 4.88 Å². The lowest BCUT2D eigenvalue weighted by Gasteiger charge is -2.13. The van der Waals surface area contributed by atoms with Crippen LogP contribution in [0.5, 0.6) is 0 Å². The Morgan fingerprint density at radius 1 is 1.26 bits per heavy atom. The number of hydrogen-bond donors (Lipinski definition) is 2. The molecule has 0 fully saturated rings. The molecule has 1 amide bonds. The number of aromatic nitrogens is 1. The molecule has 1 unspecified atom stereocenters. The van der Waals surface area contributed by atoms with Gasteiger partial charge < -0.3 is 10.4 Å². The van der Waals surface area contributed by atoms with Crippen LogP contribution < -0.4 is 5.32 Å². The summed E-state index contributed by atoms with van der Waals surface area (Å²) in [6.45, 7) is 4.12. The Balaban J connectivity index is 1.95. The van der Waals surface area contributed by atoms with E-state index in [1.807, 2.05) is 44.2 Å². The van der Waals surface area contributed by atoms with E-state index in [-0.39, 0.29) is 18.4 Å². The number of carbonyl (C=O) groups excluding carboxylic acids is 1. The lowest BCUT2D eigenvalue weighted by atomic mass is 9.99. The number of benzene rings is 1. The van der Waals surface area contributed by atoms with E-state index < -0.39 is 11.9 Å². The van der Waals surface area contributed by atoms with Gasteiger partial charge in [-0.2, -0.15) is 0 Å². The molecule has 2 N–H and O–H groups in total. The summed E-state index contributed by atoms with van der Waals surface area (Å²) in [6, 6.07) is 9.40. The van der Waals surface area contributed by atoms with Gasteiger partial charge in [0.25, 0.3) is 5.91 Å². The molecule has 6 heteroatoms. The number of thiazole rings is 1. The Morgan fingerprint density at radius 2 is 1.96 bits per heavy atom. The fourth-order valence-electron chi connectivity index (χ4n) is 2.11. The van der Waals surface area contributed by atoms with Crippen LogP contribution in [0.15, 0.2) is 36.5 Å². The molecular weight excluding hydrogens is 312 g/mol. The van der Waals surface area contributed by atoms with E-state index in [1.165, 1.54) is 11.3 Å². The molecule has 5 nitrogen and oxygen atoms in total. The molecule has 23 heavy (non-hydrogen) atoms. The summed E-state index contributed by atoms with van der Waals surface area (Å²) in [7, 11) is 0. The average molecular weight is 332 g/mol. The summed E-state index contributed by atoms with van der Waals surface area (Å²) < 4.78 is 0. The summed E-state index contributed by atoms with van der Waals surface area (Å²) in [5.41, 5.74) is 0.939. The molecule has 0 aliphatic heterocycles. The standard InChI is InChI=1S/C17H20N2O3S/c1-11(2)16-19-10-14(23-16)15(20)18-9-13(17(21)22)8-12-6-4-3-5-7-12/h3-7,10-11,13H,8-9H2,1-2H3,(H,18,20)(H,21,22). The number of aliphatic carboxylic acids is 1. The first-order valence-corrected chi connectivity index (χ1v) is 8.29. The SMILES string of the molecule is CC(C)c1ncc(C(=O)NCC(Cc2ccccc2)C(=O)O)s1. The first-order valence-electron chi connectivity index (χ1n) is 7.48. The van der Waals surface area contributed by atoms with Crippen LogP contribution in [0.1, 0.15) is 40.0 Å². The normalized spacial score (nSPS) is 12.1. The van der Waals surface area contributed by atoms with E-state index in [2.05, 4.69) is 10.3 Å². The number of hydrogen-bond acceptors (Lipinski definition) is 4. The van der Waals surface area contributed by atoms with E-state index in [0.717, 1.165) is 10.6 Å². The highest BCUT2D eigenvalue weighted by atomic mass is 32.1. The van der Waals surface area contributed by atoms with Crippen molar-refractivity contribution >= 4 is 23.2 Å².